The maximum absolute atomic E-state index is 13.7. The summed E-state index contributed by atoms with van der Waals surface area (Å²) < 4.78 is 13.7. The zero-order chi connectivity index (χ0) is 13.9. The van der Waals surface area contributed by atoms with Crippen molar-refractivity contribution in [2.24, 2.45) is 5.73 Å². The summed E-state index contributed by atoms with van der Waals surface area (Å²) in [7, 11) is 3.00. The summed E-state index contributed by atoms with van der Waals surface area (Å²) in [5, 5.41) is 2.41. The van der Waals surface area contributed by atoms with Gasteiger partial charge in [0.1, 0.15) is 5.82 Å². The number of anilines is 2. The predicted octanol–water partition coefficient (Wildman–Crippen LogP) is -0.311. The average Bonchev–Trinajstić information content (AvgIpc) is 2.27. The van der Waals surface area contributed by atoms with E-state index < -0.39 is 11.7 Å². The predicted molar refractivity (Wildman–Crippen MR) is 66.7 cm³/mol. The van der Waals surface area contributed by atoms with Crippen LogP contribution in [0.1, 0.15) is 10.4 Å². The van der Waals surface area contributed by atoms with E-state index in [1.807, 2.05) is 0 Å². The lowest BCUT2D eigenvalue weighted by Crippen LogP contribution is -2.33. The molecule has 5 N–H and O–H groups in total. The Kier molecular flexibility index (Phi) is 4.09. The standard InChI is InChI=1S/C11H15FN4O2/c1-15-10(17)5-16(2)9-3-6(11(14)18)8(13)4-7(9)12/h3-4H,5,13H2,1-2H3,(H2,14,18)(H,15,17). The van der Waals surface area contributed by atoms with Crippen molar-refractivity contribution in [1.82, 2.24) is 5.32 Å². The number of benzene rings is 1. The Hall–Kier alpha value is -2.31. The molecule has 0 aliphatic carbocycles. The van der Waals surface area contributed by atoms with Crippen molar-refractivity contribution in [2.75, 3.05) is 31.3 Å². The third kappa shape index (κ3) is 2.88. The Morgan fingerprint density at radius 1 is 1.44 bits per heavy atom. The van der Waals surface area contributed by atoms with Gasteiger partial charge in [0.05, 0.1) is 17.8 Å². The molecule has 1 rings (SSSR count). The number of hydrogen-bond donors (Lipinski definition) is 3. The summed E-state index contributed by atoms with van der Waals surface area (Å²) in [4.78, 5) is 23.7. The van der Waals surface area contributed by atoms with Crippen LogP contribution in [-0.2, 0) is 4.79 Å². The SMILES string of the molecule is CNC(=O)CN(C)c1cc(C(N)=O)c(N)cc1F. The number of likely N-dealkylation sites (N-methyl/N-ethyl adjacent to an activating group) is 2. The van der Waals surface area contributed by atoms with Gasteiger partial charge in [-0.05, 0) is 12.1 Å². The average molecular weight is 254 g/mol. The van der Waals surface area contributed by atoms with Crippen LogP contribution in [0, 0.1) is 5.82 Å². The first-order valence-electron chi connectivity index (χ1n) is 5.17. The van der Waals surface area contributed by atoms with Gasteiger partial charge in [-0.1, -0.05) is 0 Å². The first kappa shape index (κ1) is 13.8. The molecule has 0 spiro atoms. The largest absolute Gasteiger partial charge is 0.398 e. The van der Waals surface area contributed by atoms with Crippen LogP contribution < -0.4 is 21.7 Å². The molecule has 0 aliphatic rings. The molecule has 0 fully saturated rings. The van der Waals surface area contributed by atoms with Crippen molar-refractivity contribution in [1.29, 1.82) is 0 Å². The zero-order valence-electron chi connectivity index (χ0n) is 10.2. The minimum Gasteiger partial charge on any atom is -0.398 e. The van der Waals surface area contributed by atoms with Crippen molar-refractivity contribution >= 4 is 23.2 Å². The number of rotatable bonds is 4. The quantitative estimate of drug-likeness (QED) is 0.641. The summed E-state index contributed by atoms with van der Waals surface area (Å²) in [6.07, 6.45) is 0. The Balaban J connectivity index is 3.12. The van der Waals surface area contributed by atoms with Gasteiger partial charge in [-0.25, -0.2) is 4.39 Å². The molecule has 1 aromatic rings. The molecule has 6 nitrogen and oxygen atoms in total. The highest BCUT2D eigenvalue weighted by atomic mass is 19.1. The molecule has 98 valence electrons. The summed E-state index contributed by atoms with van der Waals surface area (Å²) in [6.45, 7) is -0.0461. The van der Waals surface area contributed by atoms with E-state index >= 15 is 0 Å². The molecule has 0 saturated carbocycles. The third-order valence-electron chi connectivity index (χ3n) is 2.46. The molecule has 18 heavy (non-hydrogen) atoms. The minimum absolute atomic E-state index is 0.0233. The van der Waals surface area contributed by atoms with Gasteiger partial charge in [0, 0.05) is 19.8 Å². The van der Waals surface area contributed by atoms with Crippen LogP contribution in [0.15, 0.2) is 12.1 Å². The molecule has 0 saturated heterocycles. The van der Waals surface area contributed by atoms with Gasteiger partial charge in [0.15, 0.2) is 0 Å². The fourth-order valence-electron chi connectivity index (χ4n) is 1.46. The fraction of sp³-hybridized carbons (Fsp3) is 0.273. The van der Waals surface area contributed by atoms with Gasteiger partial charge in [-0.3, -0.25) is 9.59 Å². The molecular formula is C11H15FN4O2. The second-order valence-electron chi connectivity index (χ2n) is 3.78. The number of primary amides is 1. The summed E-state index contributed by atoms with van der Waals surface area (Å²) >= 11 is 0. The minimum atomic E-state index is -0.748. The Labute approximate surface area is 104 Å². The molecule has 0 atom stereocenters. The number of nitrogens with zero attached hydrogens (tertiary/aromatic N) is 1. The van der Waals surface area contributed by atoms with Gasteiger partial charge in [0.2, 0.25) is 5.91 Å². The maximum Gasteiger partial charge on any atom is 0.250 e. The second kappa shape index (κ2) is 5.35. The van der Waals surface area contributed by atoms with Crippen LogP contribution in [0.25, 0.3) is 0 Å². The Bertz CT molecular complexity index is 490. The highest BCUT2D eigenvalue weighted by Crippen LogP contribution is 2.24. The molecule has 0 bridgehead atoms. The van der Waals surface area contributed by atoms with Gasteiger partial charge in [-0.2, -0.15) is 0 Å². The first-order valence-corrected chi connectivity index (χ1v) is 5.17. The van der Waals surface area contributed by atoms with Crippen LogP contribution in [-0.4, -0.2) is 32.5 Å². The van der Waals surface area contributed by atoms with Crippen molar-refractivity contribution in [2.45, 2.75) is 0 Å². The van der Waals surface area contributed by atoms with E-state index in [2.05, 4.69) is 5.32 Å². The monoisotopic (exact) mass is 254 g/mol. The highest BCUT2D eigenvalue weighted by molar-refractivity contribution is 5.99. The molecule has 1 aromatic carbocycles. The van der Waals surface area contributed by atoms with Crippen molar-refractivity contribution in [3.8, 4) is 0 Å². The number of amides is 2. The van der Waals surface area contributed by atoms with E-state index in [1.54, 1.807) is 0 Å². The number of carbonyl (C=O) groups excluding carboxylic acids is 2. The number of nitrogens with one attached hydrogen (secondary N) is 1. The lowest BCUT2D eigenvalue weighted by Gasteiger charge is -2.20. The van der Waals surface area contributed by atoms with E-state index in [4.69, 9.17) is 11.5 Å². The first-order chi connectivity index (χ1) is 8.36. The fourth-order valence-corrected chi connectivity index (χ4v) is 1.46. The normalized spacial score (nSPS) is 9.94. The highest BCUT2D eigenvalue weighted by Gasteiger charge is 2.16. The summed E-state index contributed by atoms with van der Waals surface area (Å²) in [5.74, 6) is -1.65. The topological polar surface area (TPSA) is 101 Å². The Morgan fingerprint density at radius 2 is 2.06 bits per heavy atom. The van der Waals surface area contributed by atoms with Gasteiger partial charge in [0.25, 0.3) is 5.91 Å². The van der Waals surface area contributed by atoms with Crippen molar-refractivity contribution < 1.29 is 14.0 Å². The van der Waals surface area contributed by atoms with Crippen LogP contribution in [0.4, 0.5) is 15.8 Å². The smallest absolute Gasteiger partial charge is 0.250 e. The van der Waals surface area contributed by atoms with Gasteiger partial charge in [-0.15, -0.1) is 0 Å². The van der Waals surface area contributed by atoms with Crippen molar-refractivity contribution in [3.63, 3.8) is 0 Å². The number of halogens is 1. The van der Waals surface area contributed by atoms with Crippen molar-refractivity contribution in [3.05, 3.63) is 23.5 Å². The van der Waals surface area contributed by atoms with Crippen LogP contribution in [0.5, 0.6) is 0 Å². The third-order valence-corrected chi connectivity index (χ3v) is 2.46. The van der Waals surface area contributed by atoms with Crippen LogP contribution >= 0.6 is 0 Å². The molecule has 0 radical (unpaired) electrons. The van der Waals surface area contributed by atoms with E-state index in [0.29, 0.717) is 0 Å². The van der Waals surface area contributed by atoms with E-state index in [9.17, 15) is 14.0 Å². The molecule has 2 amide bonds. The number of nitrogen functional groups attached to an aromatic ring is 1. The lowest BCUT2D eigenvalue weighted by atomic mass is 10.1. The molecule has 0 heterocycles. The lowest BCUT2D eigenvalue weighted by molar-refractivity contribution is -0.119. The van der Waals surface area contributed by atoms with E-state index in [1.165, 1.54) is 25.1 Å². The zero-order valence-corrected chi connectivity index (χ0v) is 10.2. The second-order valence-corrected chi connectivity index (χ2v) is 3.78. The van der Waals surface area contributed by atoms with Gasteiger partial charge >= 0.3 is 0 Å². The number of hydrogen-bond acceptors (Lipinski definition) is 4. The Morgan fingerprint density at radius 3 is 2.56 bits per heavy atom. The van der Waals surface area contributed by atoms with Crippen LogP contribution in [0.2, 0.25) is 0 Å². The van der Waals surface area contributed by atoms with E-state index in [0.717, 1.165) is 6.07 Å². The molecular weight excluding hydrogens is 239 g/mol. The van der Waals surface area contributed by atoms with Gasteiger partial charge < -0.3 is 21.7 Å². The molecule has 7 heteroatoms. The van der Waals surface area contributed by atoms with E-state index in [-0.39, 0.29) is 29.4 Å². The summed E-state index contributed by atoms with van der Waals surface area (Å²) in [5.41, 5.74) is 10.7. The summed E-state index contributed by atoms with van der Waals surface area (Å²) in [6, 6.07) is 2.24. The number of nitrogens with two attached hydrogens (primary N) is 2. The maximum atomic E-state index is 13.7. The molecule has 0 unspecified atom stereocenters. The molecule has 0 aromatic heterocycles. The molecule has 0 aliphatic heterocycles. The van der Waals surface area contributed by atoms with Crippen LogP contribution in [0.3, 0.4) is 0 Å². The number of carbonyl (C=O) groups is 2.